The summed E-state index contributed by atoms with van der Waals surface area (Å²) in [7, 11) is 0. The summed E-state index contributed by atoms with van der Waals surface area (Å²) < 4.78 is 6.08. The van der Waals surface area contributed by atoms with Crippen LogP contribution in [-0.4, -0.2) is 35.7 Å². The molecule has 1 aromatic heterocycles. The number of carbonyl (C=O) groups is 2. The largest absolute Gasteiger partial charge is 0.451 e. The topological polar surface area (TPSA) is 59.0 Å². The summed E-state index contributed by atoms with van der Waals surface area (Å²) in [4.78, 5) is 25.0. The highest BCUT2D eigenvalue weighted by atomic mass is 35.5. The number of hydrogen-bond acceptors (Lipinski definition) is 5. The maximum atomic E-state index is 12.3. The van der Waals surface area contributed by atoms with E-state index in [1.807, 2.05) is 54.6 Å². The lowest BCUT2D eigenvalue weighted by molar-refractivity contribution is -0.134. The van der Waals surface area contributed by atoms with Crippen LogP contribution in [0.1, 0.15) is 21.7 Å². The van der Waals surface area contributed by atoms with E-state index >= 15 is 0 Å². The molecule has 2 heterocycles. The monoisotopic (exact) mass is 398 g/mol. The zero-order chi connectivity index (χ0) is 18.8. The standard InChI is InChI=1S/C20H15ClN2O3S/c21-18-14-8-4-5-9-16(14)27-19(18)20(25)26-12-17(24)23-11-10-15(22-23)13-6-2-1-3-7-13/h1-9H,10-12H2. The summed E-state index contributed by atoms with van der Waals surface area (Å²) in [6.45, 7) is 0.110. The molecular formula is C20H15ClN2O3S. The summed E-state index contributed by atoms with van der Waals surface area (Å²) in [6, 6.07) is 17.2. The van der Waals surface area contributed by atoms with Crippen LogP contribution >= 0.6 is 22.9 Å². The van der Waals surface area contributed by atoms with Gasteiger partial charge in [0.1, 0.15) is 4.88 Å². The fraction of sp³-hybridized carbons (Fsp3) is 0.150. The smallest absolute Gasteiger partial charge is 0.350 e. The van der Waals surface area contributed by atoms with Crippen molar-refractivity contribution < 1.29 is 14.3 Å². The second-order valence-electron chi connectivity index (χ2n) is 6.00. The number of halogens is 1. The van der Waals surface area contributed by atoms with Crippen LogP contribution in [0.2, 0.25) is 5.02 Å². The molecule has 2 aromatic carbocycles. The molecular weight excluding hydrogens is 384 g/mol. The van der Waals surface area contributed by atoms with Crippen LogP contribution in [0.5, 0.6) is 0 Å². The molecule has 0 bridgehead atoms. The van der Waals surface area contributed by atoms with E-state index in [-0.39, 0.29) is 12.5 Å². The summed E-state index contributed by atoms with van der Waals surface area (Å²) in [6.07, 6.45) is 0.672. The molecule has 1 aliphatic rings. The molecule has 0 saturated carbocycles. The molecule has 0 atom stereocenters. The Morgan fingerprint density at radius 2 is 1.85 bits per heavy atom. The van der Waals surface area contributed by atoms with Gasteiger partial charge in [0.2, 0.25) is 0 Å². The molecule has 0 unspecified atom stereocenters. The normalized spacial score (nSPS) is 13.7. The molecule has 3 aromatic rings. The first-order valence-electron chi connectivity index (χ1n) is 8.41. The lowest BCUT2D eigenvalue weighted by Crippen LogP contribution is -2.28. The molecule has 1 amide bonds. The van der Waals surface area contributed by atoms with Gasteiger partial charge in [-0.2, -0.15) is 5.10 Å². The summed E-state index contributed by atoms with van der Waals surface area (Å²) in [5.74, 6) is -0.951. The molecule has 4 rings (SSSR count). The van der Waals surface area contributed by atoms with Crippen LogP contribution in [0.15, 0.2) is 59.7 Å². The van der Waals surface area contributed by atoms with Crippen LogP contribution in [0.4, 0.5) is 0 Å². The first kappa shape index (κ1) is 17.7. The maximum absolute atomic E-state index is 12.3. The van der Waals surface area contributed by atoms with E-state index in [9.17, 15) is 9.59 Å². The predicted molar refractivity (Wildman–Crippen MR) is 106 cm³/mol. The number of nitrogens with zero attached hydrogens (tertiary/aromatic N) is 2. The number of fused-ring (bicyclic) bond motifs is 1. The molecule has 136 valence electrons. The highest BCUT2D eigenvalue weighted by Gasteiger charge is 2.24. The number of amides is 1. The van der Waals surface area contributed by atoms with Crippen molar-refractivity contribution in [2.45, 2.75) is 6.42 Å². The van der Waals surface area contributed by atoms with Gasteiger partial charge in [-0.25, -0.2) is 9.80 Å². The number of carbonyl (C=O) groups excluding carboxylic acids is 2. The maximum Gasteiger partial charge on any atom is 0.350 e. The summed E-state index contributed by atoms with van der Waals surface area (Å²) in [5.41, 5.74) is 1.84. The summed E-state index contributed by atoms with van der Waals surface area (Å²) in [5, 5.41) is 6.86. The molecule has 5 nitrogen and oxygen atoms in total. The van der Waals surface area contributed by atoms with Gasteiger partial charge in [-0.3, -0.25) is 4.79 Å². The van der Waals surface area contributed by atoms with Gasteiger partial charge >= 0.3 is 5.97 Å². The fourth-order valence-electron chi connectivity index (χ4n) is 2.88. The molecule has 0 saturated heterocycles. The third kappa shape index (κ3) is 3.59. The Balaban J connectivity index is 1.41. The van der Waals surface area contributed by atoms with Crippen molar-refractivity contribution in [2.24, 2.45) is 5.10 Å². The Labute approximate surface area is 164 Å². The van der Waals surface area contributed by atoms with E-state index in [1.54, 1.807) is 0 Å². The van der Waals surface area contributed by atoms with Crippen molar-refractivity contribution in [3.8, 4) is 0 Å². The van der Waals surface area contributed by atoms with Crippen LogP contribution in [0.3, 0.4) is 0 Å². The Morgan fingerprint density at radius 3 is 2.63 bits per heavy atom. The second-order valence-corrected chi connectivity index (χ2v) is 7.43. The predicted octanol–water partition coefficient (Wildman–Crippen LogP) is 4.35. The van der Waals surface area contributed by atoms with Crippen molar-refractivity contribution >= 4 is 50.6 Å². The third-order valence-corrected chi connectivity index (χ3v) is 5.90. The van der Waals surface area contributed by atoms with Crippen molar-refractivity contribution in [3.63, 3.8) is 0 Å². The molecule has 0 N–H and O–H groups in total. The second kappa shape index (κ2) is 7.50. The molecule has 0 radical (unpaired) electrons. The van der Waals surface area contributed by atoms with Crippen LogP contribution < -0.4 is 0 Å². The van der Waals surface area contributed by atoms with Gasteiger partial charge in [0.15, 0.2) is 6.61 Å². The Hall–Kier alpha value is -2.70. The number of esters is 1. The minimum atomic E-state index is -0.596. The van der Waals surface area contributed by atoms with Gasteiger partial charge in [-0.1, -0.05) is 60.1 Å². The van der Waals surface area contributed by atoms with E-state index < -0.39 is 5.97 Å². The first-order chi connectivity index (χ1) is 13.1. The van der Waals surface area contributed by atoms with Crippen molar-refractivity contribution in [3.05, 3.63) is 70.1 Å². The molecule has 0 fully saturated rings. The lowest BCUT2D eigenvalue weighted by atomic mass is 10.1. The Morgan fingerprint density at radius 1 is 1.11 bits per heavy atom. The Kier molecular flexibility index (Phi) is 4.92. The zero-order valence-electron chi connectivity index (χ0n) is 14.2. The minimum Gasteiger partial charge on any atom is -0.451 e. The van der Waals surface area contributed by atoms with Crippen LogP contribution in [-0.2, 0) is 9.53 Å². The van der Waals surface area contributed by atoms with Gasteiger partial charge in [0.05, 0.1) is 17.3 Å². The first-order valence-corrected chi connectivity index (χ1v) is 9.60. The number of rotatable bonds is 4. The number of hydrazone groups is 1. The van der Waals surface area contributed by atoms with E-state index in [0.717, 1.165) is 21.4 Å². The number of ether oxygens (including phenoxy) is 1. The van der Waals surface area contributed by atoms with Gasteiger partial charge in [-0.15, -0.1) is 11.3 Å². The number of thiophene rings is 1. The van der Waals surface area contributed by atoms with E-state index in [1.165, 1.54) is 16.3 Å². The SMILES string of the molecule is O=C(OCC(=O)N1CCC(c2ccccc2)=N1)c1sc2ccccc2c1Cl. The van der Waals surface area contributed by atoms with Crippen LogP contribution in [0.25, 0.3) is 10.1 Å². The fourth-order valence-corrected chi connectivity index (χ4v) is 4.29. The average molecular weight is 399 g/mol. The van der Waals surface area contributed by atoms with Gasteiger partial charge in [-0.05, 0) is 11.6 Å². The molecule has 1 aliphatic heterocycles. The quantitative estimate of drug-likeness (QED) is 0.614. The highest BCUT2D eigenvalue weighted by Crippen LogP contribution is 2.35. The number of benzene rings is 2. The van der Waals surface area contributed by atoms with Gasteiger partial charge in [0.25, 0.3) is 5.91 Å². The highest BCUT2D eigenvalue weighted by molar-refractivity contribution is 7.21. The minimum absolute atomic E-state index is 0.306. The van der Waals surface area contributed by atoms with E-state index in [2.05, 4.69) is 5.10 Å². The van der Waals surface area contributed by atoms with Crippen molar-refractivity contribution in [1.82, 2.24) is 5.01 Å². The number of hydrogen-bond donors (Lipinski definition) is 0. The Bertz CT molecular complexity index is 1050. The van der Waals surface area contributed by atoms with Crippen molar-refractivity contribution in [2.75, 3.05) is 13.2 Å². The molecule has 7 heteroatoms. The molecule has 27 heavy (non-hydrogen) atoms. The average Bonchev–Trinajstić information content (AvgIpc) is 3.32. The molecule has 0 spiro atoms. The van der Waals surface area contributed by atoms with Gasteiger partial charge in [0, 0.05) is 16.5 Å². The van der Waals surface area contributed by atoms with E-state index in [0.29, 0.717) is 22.9 Å². The molecule has 0 aliphatic carbocycles. The van der Waals surface area contributed by atoms with Crippen molar-refractivity contribution in [1.29, 1.82) is 0 Å². The zero-order valence-corrected chi connectivity index (χ0v) is 15.8. The van der Waals surface area contributed by atoms with Gasteiger partial charge < -0.3 is 4.74 Å². The van der Waals surface area contributed by atoms with Crippen LogP contribution in [0, 0.1) is 0 Å². The van der Waals surface area contributed by atoms with E-state index in [4.69, 9.17) is 16.3 Å². The third-order valence-electron chi connectivity index (χ3n) is 4.24. The summed E-state index contributed by atoms with van der Waals surface area (Å²) >= 11 is 7.53. The lowest BCUT2D eigenvalue weighted by Gasteiger charge is -2.11.